The van der Waals surface area contributed by atoms with Gasteiger partial charge in [0, 0.05) is 34.6 Å². The largest absolute Gasteiger partial charge is 0.497 e. The van der Waals surface area contributed by atoms with Crippen molar-refractivity contribution in [2.45, 2.75) is 12.5 Å². The van der Waals surface area contributed by atoms with Crippen LogP contribution >= 0.6 is 11.6 Å². The van der Waals surface area contributed by atoms with Crippen molar-refractivity contribution in [3.8, 4) is 17.2 Å². The number of halogens is 1. The van der Waals surface area contributed by atoms with Crippen molar-refractivity contribution in [1.82, 2.24) is 9.99 Å². The fraction of sp³-hybridized carbons (Fsp3) is 0.179. The van der Waals surface area contributed by atoms with Gasteiger partial charge in [0.05, 0.1) is 38.6 Å². The SMILES string of the molecule is COc1ccc2cc([C@H]3CC(c4ccc(OC)c(OC)c4)=NN3C(=O)c3ccccc3)c(Cl)nc2c1. The lowest BCUT2D eigenvalue weighted by atomic mass is 9.97. The molecule has 1 aliphatic heterocycles. The van der Waals surface area contributed by atoms with Gasteiger partial charge in [-0.05, 0) is 48.5 Å². The molecule has 4 aromatic rings. The molecule has 0 saturated carbocycles. The Kier molecular flexibility index (Phi) is 6.48. The van der Waals surface area contributed by atoms with E-state index in [1.807, 2.05) is 60.7 Å². The molecule has 0 spiro atoms. The number of hydrogen-bond acceptors (Lipinski definition) is 6. The molecule has 8 heteroatoms. The Morgan fingerprint density at radius 1 is 0.917 bits per heavy atom. The molecule has 0 bridgehead atoms. The van der Waals surface area contributed by atoms with Crippen LogP contribution in [0.25, 0.3) is 10.9 Å². The summed E-state index contributed by atoms with van der Waals surface area (Å²) in [6.45, 7) is 0. The van der Waals surface area contributed by atoms with Crippen LogP contribution in [0.15, 0.2) is 77.9 Å². The maximum Gasteiger partial charge on any atom is 0.274 e. The number of hydrogen-bond donors (Lipinski definition) is 0. The Morgan fingerprint density at radius 2 is 1.69 bits per heavy atom. The number of fused-ring (bicyclic) bond motifs is 1. The quantitative estimate of drug-likeness (QED) is 0.307. The third kappa shape index (κ3) is 4.33. The Bertz CT molecular complexity index is 1470. The van der Waals surface area contributed by atoms with Crippen molar-refractivity contribution in [2.24, 2.45) is 5.10 Å². The molecule has 5 rings (SSSR count). The van der Waals surface area contributed by atoms with Gasteiger partial charge < -0.3 is 14.2 Å². The van der Waals surface area contributed by atoms with Crippen LogP contribution in [0, 0.1) is 0 Å². The summed E-state index contributed by atoms with van der Waals surface area (Å²) in [6.07, 6.45) is 0.455. The fourth-order valence-corrected chi connectivity index (χ4v) is 4.62. The Balaban J connectivity index is 1.59. The molecule has 1 aromatic heterocycles. The minimum absolute atomic E-state index is 0.220. The molecular formula is C28H24ClN3O4. The lowest BCUT2D eigenvalue weighted by Crippen LogP contribution is -2.27. The average Bonchev–Trinajstić information content (AvgIpc) is 3.37. The summed E-state index contributed by atoms with van der Waals surface area (Å²) in [5.41, 5.74) is 3.53. The normalized spacial score (nSPS) is 15.1. The average molecular weight is 502 g/mol. The zero-order valence-electron chi connectivity index (χ0n) is 20.1. The van der Waals surface area contributed by atoms with E-state index in [0.717, 1.165) is 22.2 Å². The van der Waals surface area contributed by atoms with Crippen LogP contribution in [0.2, 0.25) is 5.15 Å². The van der Waals surface area contributed by atoms with Crippen LogP contribution in [0.5, 0.6) is 17.2 Å². The first-order valence-electron chi connectivity index (χ1n) is 11.3. The Morgan fingerprint density at radius 3 is 2.42 bits per heavy atom. The lowest BCUT2D eigenvalue weighted by Gasteiger charge is -2.23. The van der Waals surface area contributed by atoms with E-state index in [1.165, 1.54) is 5.01 Å². The standard InChI is InChI=1S/C28H24ClN3O4/c1-34-20-11-9-18-13-21(27(29)30-22(18)15-20)24-16-23(19-10-12-25(35-2)26(14-19)36-3)31-32(24)28(33)17-7-5-4-6-8-17/h4-15,24H,16H2,1-3H3/t24-/m1/s1. The number of pyridine rings is 1. The second kappa shape index (κ2) is 9.87. The topological polar surface area (TPSA) is 73.2 Å². The van der Waals surface area contributed by atoms with Crippen molar-refractivity contribution in [3.05, 3.63) is 94.6 Å². The highest BCUT2D eigenvalue weighted by atomic mass is 35.5. The van der Waals surface area contributed by atoms with Gasteiger partial charge in [0.2, 0.25) is 0 Å². The highest BCUT2D eigenvalue weighted by molar-refractivity contribution is 6.30. The molecule has 36 heavy (non-hydrogen) atoms. The van der Waals surface area contributed by atoms with Crippen LogP contribution in [0.4, 0.5) is 0 Å². The molecule has 182 valence electrons. The van der Waals surface area contributed by atoms with Crippen molar-refractivity contribution >= 4 is 34.1 Å². The summed E-state index contributed by atoms with van der Waals surface area (Å²) in [7, 11) is 4.78. The molecule has 1 amide bonds. The van der Waals surface area contributed by atoms with E-state index in [2.05, 4.69) is 4.98 Å². The number of carbonyl (C=O) groups is 1. The number of hydrazone groups is 1. The monoisotopic (exact) mass is 501 g/mol. The van der Waals surface area contributed by atoms with Crippen LogP contribution in [-0.4, -0.2) is 42.9 Å². The van der Waals surface area contributed by atoms with Gasteiger partial charge in [-0.15, -0.1) is 0 Å². The fourth-order valence-electron chi connectivity index (χ4n) is 4.34. The van der Waals surface area contributed by atoms with E-state index >= 15 is 0 Å². The van der Waals surface area contributed by atoms with E-state index in [9.17, 15) is 4.79 Å². The third-order valence-corrected chi connectivity index (χ3v) is 6.52. The van der Waals surface area contributed by atoms with Crippen LogP contribution in [-0.2, 0) is 0 Å². The number of carbonyl (C=O) groups excluding carboxylic acids is 1. The smallest absolute Gasteiger partial charge is 0.274 e. The summed E-state index contributed by atoms with van der Waals surface area (Å²) < 4.78 is 16.2. The number of rotatable bonds is 6. The summed E-state index contributed by atoms with van der Waals surface area (Å²) in [5.74, 6) is 1.67. The summed E-state index contributed by atoms with van der Waals surface area (Å²) in [5, 5.41) is 7.47. The highest BCUT2D eigenvalue weighted by Gasteiger charge is 2.35. The third-order valence-electron chi connectivity index (χ3n) is 6.22. The Labute approximate surface area is 213 Å². The summed E-state index contributed by atoms with van der Waals surface area (Å²) >= 11 is 6.70. The second-order valence-electron chi connectivity index (χ2n) is 8.28. The van der Waals surface area contributed by atoms with Gasteiger partial charge >= 0.3 is 0 Å². The molecule has 0 aliphatic carbocycles. The van der Waals surface area contributed by atoms with Gasteiger partial charge in [0.25, 0.3) is 5.91 Å². The maximum atomic E-state index is 13.6. The predicted molar refractivity (Wildman–Crippen MR) is 139 cm³/mol. The van der Waals surface area contributed by atoms with E-state index in [-0.39, 0.29) is 5.91 Å². The van der Waals surface area contributed by atoms with Crippen LogP contribution in [0.1, 0.15) is 33.9 Å². The van der Waals surface area contributed by atoms with Gasteiger partial charge in [0.15, 0.2) is 11.5 Å². The molecule has 3 aromatic carbocycles. The molecule has 0 N–H and O–H groups in total. The molecule has 1 atom stereocenters. The zero-order valence-corrected chi connectivity index (χ0v) is 20.8. The first-order valence-corrected chi connectivity index (χ1v) is 11.7. The number of ether oxygens (including phenoxy) is 3. The molecule has 0 unspecified atom stereocenters. The van der Waals surface area contributed by atoms with Crippen molar-refractivity contribution < 1.29 is 19.0 Å². The van der Waals surface area contributed by atoms with E-state index in [4.69, 9.17) is 30.9 Å². The van der Waals surface area contributed by atoms with E-state index < -0.39 is 6.04 Å². The zero-order chi connectivity index (χ0) is 25.2. The molecule has 0 radical (unpaired) electrons. The summed E-state index contributed by atoms with van der Waals surface area (Å²) in [6, 6.07) is 21.8. The van der Waals surface area contributed by atoms with Crippen molar-refractivity contribution in [3.63, 3.8) is 0 Å². The molecule has 2 heterocycles. The number of nitrogens with zero attached hydrogens (tertiary/aromatic N) is 3. The first-order chi connectivity index (χ1) is 17.5. The van der Waals surface area contributed by atoms with Gasteiger partial charge in [0.1, 0.15) is 10.9 Å². The van der Waals surface area contributed by atoms with Gasteiger partial charge in [-0.1, -0.05) is 29.8 Å². The first kappa shape index (κ1) is 23.6. The maximum absolute atomic E-state index is 13.6. The molecule has 7 nitrogen and oxygen atoms in total. The van der Waals surface area contributed by atoms with Gasteiger partial charge in [-0.2, -0.15) is 5.10 Å². The minimum atomic E-state index is -0.438. The number of aromatic nitrogens is 1. The number of methoxy groups -OCH3 is 3. The second-order valence-corrected chi connectivity index (χ2v) is 8.64. The molecule has 1 aliphatic rings. The number of amides is 1. The minimum Gasteiger partial charge on any atom is -0.497 e. The van der Waals surface area contributed by atoms with E-state index in [1.54, 1.807) is 33.5 Å². The molecule has 0 saturated heterocycles. The number of benzene rings is 3. The van der Waals surface area contributed by atoms with Gasteiger partial charge in [-0.3, -0.25) is 4.79 Å². The highest BCUT2D eigenvalue weighted by Crippen LogP contribution is 2.39. The van der Waals surface area contributed by atoms with Crippen LogP contribution in [0.3, 0.4) is 0 Å². The summed E-state index contributed by atoms with van der Waals surface area (Å²) in [4.78, 5) is 18.2. The van der Waals surface area contributed by atoms with E-state index in [0.29, 0.717) is 39.9 Å². The van der Waals surface area contributed by atoms with Crippen molar-refractivity contribution in [1.29, 1.82) is 0 Å². The predicted octanol–water partition coefficient (Wildman–Crippen LogP) is 5.91. The van der Waals surface area contributed by atoms with Crippen LogP contribution < -0.4 is 14.2 Å². The lowest BCUT2D eigenvalue weighted by molar-refractivity contribution is 0.0711. The Hall–Kier alpha value is -4.10. The van der Waals surface area contributed by atoms with Gasteiger partial charge in [-0.25, -0.2) is 9.99 Å². The molecular weight excluding hydrogens is 478 g/mol. The molecule has 0 fully saturated rings. The van der Waals surface area contributed by atoms with Crippen molar-refractivity contribution in [2.75, 3.05) is 21.3 Å².